The highest BCUT2D eigenvalue weighted by atomic mass is 16.5. The van der Waals surface area contributed by atoms with Crippen molar-refractivity contribution in [3.05, 3.63) is 69.6 Å². The third-order valence-corrected chi connectivity index (χ3v) is 7.39. The molecule has 6 nitrogen and oxygen atoms in total. The molecule has 0 aliphatic carbocycles. The van der Waals surface area contributed by atoms with Crippen molar-refractivity contribution in [2.45, 2.75) is 39.2 Å². The molecule has 2 fully saturated rings. The van der Waals surface area contributed by atoms with E-state index in [4.69, 9.17) is 9.15 Å². The van der Waals surface area contributed by atoms with Gasteiger partial charge in [-0.25, -0.2) is 4.79 Å². The number of rotatable bonds is 5. The number of nitrogens with zero attached hydrogens (tertiary/aromatic N) is 2. The number of carbonyl (C=O) groups is 1. The fourth-order valence-electron chi connectivity index (χ4n) is 5.20. The molecule has 3 aromatic rings. The van der Waals surface area contributed by atoms with Crippen LogP contribution in [0.3, 0.4) is 0 Å². The number of ether oxygens (including phenoxy) is 1. The molecule has 5 rings (SSSR count). The van der Waals surface area contributed by atoms with Crippen LogP contribution in [0.25, 0.3) is 22.1 Å². The van der Waals surface area contributed by atoms with E-state index < -0.39 is 0 Å². The van der Waals surface area contributed by atoms with E-state index in [9.17, 15) is 9.59 Å². The number of hydrogen-bond donors (Lipinski definition) is 0. The summed E-state index contributed by atoms with van der Waals surface area (Å²) in [6.45, 7) is 8.72. The predicted molar refractivity (Wildman–Crippen MR) is 133 cm³/mol. The van der Waals surface area contributed by atoms with Gasteiger partial charge < -0.3 is 19.0 Å². The first kappa shape index (κ1) is 22.8. The summed E-state index contributed by atoms with van der Waals surface area (Å²) in [7, 11) is 0. The van der Waals surface area contributed by atoms with E-state index in [1.807, 2.05) is 48.2 Å². The van der Waals surface area contributed by atoms with Crippen LogP contribution in [0, 0.1) is 6.92 Å². The summed E-state index contributed by atoms with van der Waals surface area (Å²) >= 11 is 0. The van der Waals surface area contributed by atoms with Crippen molar-refractivity contribution in [2.24, 2.45) is 0 Å². The van der Waals surface area contributed by atoms with Gasteiger partial charge in [0, 0.05) is 42.2 Å². The Bertz CT molecular complexity index is 1240. The van der Waals surface area contributed by atoms with Gasteiger partial charge in [0.15, 0.2) is 0 Å². The van der Waals surface area contributed by atoms with Crippen molar-refractivity contribution < 1.29 is 13.9 Å². The molecule has 0 saturated carbocycles. The van der Waals surface area contributed by atoms with E-state index in [1.165, 1.54) is 12.8 Å². The van der Waals surface area contributed by atoms with Gasteiger partial charge in [0.1, 0.15) is 5.58 Å². The highest BCUT2D eigenvalue weighted by Gasteiger charge is 2.21. The molecule has 6 heteroatoms. The van der Waals surface area contributed by atoms with Crippen LogP contribution in [-0.4, -0.2) is 61.1 Å². The number of fused-ring (bicyclic) bond motifs is 1. The quantitative estimate of drug-likeness (QED) is 0.532. The molecular weight excluding hydrogens is 428 g/mol. The van der Waals surface area contributed by atoms with Crippen LogP contribution in [0.4, 0.5) is 0 Å². The summed E-state index contributed by atoms with van der Waals surface area (Å²) in [5.41, 5.74) is 4.77. The van der Waals surface area contributed by atoms with Crippen molar-refractivity contribution in [2.75, 3.05) is 39.4 Å². The van der Waals surface area contributed by atoms with Gasteiger partial charge in [0.2, 0.25) is 0 Å². The maximum atomic E-state index is 12.8. The van der Waals surface area contributed by atoms with E-state index in [0.29, 0.717) is 43.5 Å². The summed E-state index contributed by atoms with van der Waals surface area (Å²) in [5.74, 6) is 0.0332. The predicted octanol–water partition coefficient (Wildman–Crippen LogP) is 4.27. The maximum Gasteiger partial charge on any atom is 0.339 e. The van der Waals surface area contributed by atoms with Gasteiger partial charge in [-0.15, -0.1) is 0 Å². The van der Waals surface area contributed by atoms with E-state index in [2.05, 4.69) is 17.9 Å². The molecule has 0 N–H and O–H groups in total. The molecule has 1 aromatic heterocycles. The highest BCUT2D eigenvalue weighted by molar-refractivity contribution is 5.95. The van der Waals surface area contributed by atoms with Crippen molar-refractivity contribution >= 4 is 16.9 Å². The first-order chi connectivity index (χ1) is 16.5. The smallest absolute Gasteiger partial charge is 0.339 e. The Morgan fingerprint density at radius 3 is 2.47 bits per heavy atom. The van der Waals surface area contributed by atoms with E-state index in [1.54, 1.807) is 0 Å². The third kappa shape index (κ3) is 4.52. The topological polar surface area (TPSA) is 63.0 Å². The lowest BCUT2D eigenvalue weighted by Gasteiger charge is -2.26. The van der Waals surface area contributed by atoms with Gasteiger partial charge in [0.05, 0.1) is 13.2 Å². The Morgan fingerprint density at radius 2 is 1.76 bits per heavy atom. The molecule has 2 aliphatic rings. The molecule has 0 radical (unpaired) electrons. The van der Waals surface area contributed by atoms with Gasteiger partial charge >= 0.3 is 5.63 Å². The number of likely N-dealkylation sites (tertiary alicyclic amines) is 1. The monoisotopic (exact) mass is 460 g/mol. The van der Waals surface area contributed by atoms with Crippen LogP contribution in [0.5, 0.6) is 0 Å². The molecule has 2 aromatic carbocycles. The Labute approximate surface area is 200 Å². The Morgan fingerprint density at radius 1 is 1.03 bits per heavy atom. The number of aryl methyl sites for hydroxylation is 1. The number of benzene rings is 2. The molecule has 2 saturated heterocycles. The van der Waals surface area contributed by atoms with E-state index in [-0.39, 0.29) is 11.5 Å². The summed E-state index contributed by atoms with van der Waals surface area (Å²) < 4.78 is 11.1. The highest BCUT2D eigenvalue weighted by Crippen LogP contribution is 2.27. The minimum atomic E-state index is -0.236. The lowest BCUT2D eigenvalue weighted by Crippen LogP contribution is -2.40. The normalized spacial score (nSPS) is 19.1. The van der Waals surface area contributed by atoms with Crippen molar-refractivity contribution in [1.82, 2.24) is 9.80 Å². The van der Waals surface area contributed by atoms with Crippen LogP contribution in [-0.2, 0) is 11.2 Å². The van der Waals surface area contributed by atoms with E-state index >= 15 is 0 Å². The summed E-state index contributed by atoms with van der Waals surface area (Å²) in [4.78, 5) is 29.8. The molecule has 0 spiro atoms. The van der Waals surface area contributed by atoms with E-state index in [0.717, 1.165) is 47.2 Å². The van der Waals surface area contributed by atoms with Gasteiger partial charge in [0.25, 0.3) is 5.91 Å². The Balaban J connectivity index is 1.36. The van der Waals surface area contributed by atoms with Gasteiger partial charge in [-0.1, -0.05) is 24.3 Å². The minimum Gasteiger partial charge on any atom is -0.422 e. The maximum absolute atomic E-state index is 12.8. The van der Waals surface area contributed by atoms with Crippen LogP contribution >= 0.6 is 0 Å². The summed E-state index contributed by atoms with van der Waals surface area (Å²) in [6.07, 6.45) is 3.18. The second-order valence-corrected chi connectivity index (χ2v) is 9.46. The number of amides is 1. The average Bonchev–Trinajstić information content (AvgIpc) is 3.28. The molecule has 2 aliphatic heterocycles. The molecule has 34 heavy (non-hydrogen) atoms. The number of hydrogen-bond acceptors (Lipinski definition) is 5. The van der Waals surface area contributed by atoms with Crippen LogP contribution in [0.2, 0.25) is 0 Å². The van der Waals surface area contributed by atoms with Gasteiger partial charge in [-0.05, 0) is 74.5 Å². The van der Waals surface area contributed by atoms with Crippen molar-refractivity contribution in [3.8, 4) is 11.1 Å². The van der Waals surface area contributed by atoms with Crippen LogP contribution in [0.15, 0.2) is 51.7 Å². The number of carbonyl (C=O) groups excluding carboxylic acids is 1. The minimum absolute atomic E-state index is 0.0332. The molecule has 1 unspecified atom stereocenters. The molecule has 1 atom stereocenters. The first-order valence-electron chi connectivity index (χ1n) is 12.3. The molecule has 0 bridgehead atoms. The summed E-state index contributed by atoms with van der Waals surface area (Å²) in [5, 5.41) is 0.979. The Kier molecular flexibility index (Phi) is 6.53. The SMILES string of the molecule is Cc1c(CCN2CCCC2C)c(=O)oc2cc(-c3ccc(C(=O)N4CCOCC4)cc3)ccc12. The van der Waals surface area contributed by atoms with Crippen molar-refractivity contribution in [1.29, 1.82) is 0 Å². The zero-order valence-electron chi connectivity index (χ0n) is 20.0. The summed E-state index contributed by atoms with van der Waals surface area (Å²) in [6, 6.07) is 14.2. The van der Waals surface area contributed by atoms with Gasteiger partial charge in [-0.3, -0.25) is 4.79 Å². The fraction of sp³-hybridized carbons (Fsp3) is 0.429. The zero-order valence-corrected chi connectivity index (χ0v) is 20.0. The fourth-order valence-corrected chi connectivity index (χ4v) is 5.20. The first-order valence-corrected chi connectivity index (χ1v) is 12.3. The van der Waals surface area contributed by atoms with Crippen LogP contribution in [0.1, 0.15) is 41.3 Å². The second kappa shape index (κ2) is 9.72. The molecule has 3 heterocycles. The Hall–Kier alpha value is -2.96. The second-order valence-electron chi connectivity index (χ2n) is 9.46. The standard InChI is InChI=1S/C28H32N2O4/c1-19-4-3-12-29(19)13-11-25-20(2)24-10-9-23(18-26(24)34-28(25)32)21-5-7-22(8-6-21)27(31)30-14-16-33-17-15-30/h5-10,18-19H,3-4,11-17H2,1-2H3. The van der Waals surface area contributed by atoms with Gasteiger partial charge in [-0.2, -0.15) is 0 Å². The zero-order chi connectivity index (χ0) is 23.7. The lowest BCUT2D eigenvalue weighted by molar-refractivity contribution is 0.0303. The van der Waals surface area contributed by atoms with Crippen molar-refractivity contribution in [3.63, 3.8) is 0 Å². The lowest BCUT2D eigenvalue weighted by atomic mass is 9.99. The largest absolute Gasteiger partial charge is 0.422 e. The average molecular weight is 461 g/mol. The number of morpholine rings is 1. The molecule has 178 valence electrons. The van der Waals surface area contributed by atoms with Crippen LogP contribution < -0.4 is 5.63 Å². The molecular formula is C28H32N2O4. The molecule has 1 amide bonds. The third-order valence-electron chi connectivity index (χ3n) is 7.39.